The van der Waals surface area contributed by atoms with Gasteiger partial charge >= 0.3 is 0 Å². The Morgan fingerprint density at radius 2 is 2.30 bits per heavy atom. The lowest BCUT2D eigenvalue weighted by Gasteiger charge is -2.11. The van der Waals surface area contributed by atoms with E-state index in [1.54, 1.807) is 11.4 Å². The van der Waals surface area contributed by atoms with Crippen molar-refractivity contribution in [3.05, 3.63) is 17.5 Å². The van der Waals surface area contributed by atoms with Crippen LogP contribution in [0.2, 0.25) is 0 Å². The van der Waals surface area contributed by atoms with E-state index in [2.05, 4.69) is 15.4 Å². The van der Waals surface area contributed by atoms with E-state index in [1.165, 1.54) is 6.07 Å². The molecule has 1 aliphatic rings. The monoisotopic (exact) mass is 339 g/mol. The lowest BCUT2D eigenvalue weighted by molar-refractivity contribution is -0.120. The molecule has 0 aromatic carbocycles. The number of sulfonamides is 1. The molecule has 9 heteroatoms. The van der Waals surface area contributed by atoms with Crippen molar-refractivity contribution in [3.63, 3.8) is 0 Å². The summed E-state index contributed by atoms with van der Waals surface area (Å²) in [6, 6.07) is 3.47. The van der Waals surface area contributed by atoms with Gasteiger partial charge in [-0.25, -0.2) is 13.1 Å². The highest BCUT2D eigenvalue weighted by Gasteiger charge is 2.18. The Bertz CT molecular complexity index is 513. The predicted octanol–water partition coefficient (Wildman–Crippen LogP) is 0.316. The van der Waals surface area contributed by atoms with Crippen LogP contribution in [0.4, 0.5) is 0 Å². The van der Waals surface area contributed by atoms with E-state index in [9.17, 15) is 13.2 Å². The number of rotatable bonds is 6. The largest absolute Gasteiger partial charge is 0.353 e. The molecule has 1 aromatic rings. The number of thiophene rings is 1. The van der Waals surface area contributed by atoms with Crippen molar-refractivity contribution < 1.29 is 13.2 Å². The van der Waals surface area contributed by atoms with Gasteiger partial charge in [-0.1, -0.05) is 6.07 Å². The molecule has 0 saturated carbocycles. The quantitative estimate of drug-likeness (QED) is 0.696. The lowest BCUT2D eigenvalue weighted by Crippen LogP contribution is -2.42. The molecule has 0 bridgehead atoms. The molecule has 0 radical (unpaired) electrons. The summed E-state index contributed by atoms with van der Waals surface area (Å²) in [5, 5.41) is 7.65. The van der Waals surface area contributed by atoms with Crippen LogP contribution in [-0.2, 0) is 14.8 Å². The molecule has 1 atom stereocenters. The zero-order valence-corrected chi connectivity index (χ0v) is 13.2. The van der Waals surface area contributed by atoms with Gasteiger partial charge in [-0.3, -0.25) is 4.79 Å². The van der Waals surface area contributed by atoms with Crippen LogP contribution in [0.5, 0.6) is 0 Å². The van der Waals surface area contributed by atoms with Gasteiger partial charge < -0.3 is 10.6 Å². The van der Waals surface area contributed by atoms with E-state index in [0.29, 0.717) is 12.6 Å². The smallest absolute Gasteiger partial charge is 0.250 e. The van der Waals surface area contributed by atoms with Crippen LogP contribution in [0.25, 0.3) is 0 Å². The van der Waals surface area contributed by atoms with Crippen LogP contribution < -0.4 is 15.4 Å². The summed E-state index contributed by atoms with van der Waals surface area (Å²) in [7, 11) is -3.56. The Labute approximate surface area is 128 Å². The highest BCUT2D eigenvalue weighted by Crippen LogP contribution is 2.14. The van der Waals surface area contributed by atoms with Gasteiger partial charge in [0.2, 0.25) is 5.91 Å². The SMILES string of the molecule is Cl.O=C(CNS(=O)(=O)c1cccs1)NCC1CCCN1. The maximum Gasteiger partial charge on any atom is 0.250 e. The van der Waals surface area contributed by atoms with E-state index in [4.69, 9.17) is 0 Å². The van der Waals surface area contributed by atoms with Crippen LogP contribution in [0.15, 0.2) is 21.7 Å². The van der Waals surface area contributed by atoms with Gasteiger partial charge in [0.15, 0.2) is 0 Å². The van der Waals surface area contributed by atoms with Crippen molar-refractivity contribution in [2.24, 2.45) is 0 Å². The third-order valence-electron chi connectivity index (χ3n) is 2.89. The van der Waals surface area contributed by atoms with Crippen LogP contribution in [0.1, 0.15) is 12.8 Å². The maximum atomic E-state index is 11.8. The second-order valence-electron chi connectivity index (χ2n) is 4.35. The van der Waals surface area contributed by atoms with E-state index < -0.39 is 10.0 Å². The molecule has 1 saturated heterocycles. The molecular weight excluding hydrogens is 322 g/mol. The molecule has 3 N–H and O–H groups in total. The van der Waals surface area contributed by atoms with Crippen LogP contribution >= 0.6 is 23.7 Å². The molecule has 1 fully saturated rings. The first-order valence-corrected chi connectivity index (χ1v) is 8.47. The Hall–Kier alpha value is -0.670. The lowest BCUT2D eigenvalue weighted by atomic mass is 10.2. The van der Waals surface area contributed by atoms with Crippen molar-refractivity contribution in [2.45, 2.75) is 23.1 Å². The Morgan fingerprint density at radius 3 is 2.90 bits per heavy atom. The summed E-state index contributed by atoms with van der Waals surface area (Å²) in [4.78, 5) is 11.6. The molecule has 6 nitrogen and oxygen atoms in total. The molecule has 20 heavy (non-hydrogen) atoms. The summed E-state index contributed by atoms with van der Waals surface area (Å²) in [5.74, 6) is -0.311. The van der Waals surface area contributed by atoms with E-state index in [1.807, 2.05) is 0 Å². The fraction of sp³-hybridized carbons (Fsp3) is 0.545. The number of halogens is 1. The summed E-state index contributed by atoms with van der Waals surface area (Å²) >= 11 is 1.12. The molecule has 1 aromatic heterocycles. The summed E-state index contributed by atoms with van der Waals surface area (Å²) in [6.07, 6.45) is 2.16. The second kappa shape index (κ2) is 7.94. The average Bonchev–Trinajstić information content (AvgIpc) is 3.06. The van der Waals surface area contributed by atoms with Gasteiger partial charge in [0.05, 0.1) is 6.54 Å². The van der Waals surface area contributed by atoms with E-state index in [-0.39, 0.29) is 29.1 Å². The number of amides is 1. The summed E-state index contributed by atoms with van der Waals surface area (Å²) < 4.78 is 26.0. The minimum atomic E-state index is -3.56. The highest BCUT2D eigenvalue weighted by molar-refractivity contribution is 7.91. The minimum Gasteiger partial charge on any atom is -0.353 e. The van der Waals surface area contributed by atoms with Gasteiger partial charge in [-0.15, -0.1) is 23.7 Å². The van der Waals surface area contributed by atoms with E-state index in [0.717, 1.165) is 30.7 Å². The normalized spacial score (nSPS) is 18.5. The van der Waals surface area contributed by atoms with Gasteiger partial charge in [0.1, 0.15) is 4.21 Å². The van der Waals surface area contributed by atoms with Crippen molar-refractivity contribution in [1.29, 1.82) is 0 Å². The molecule has 2 rings (SSSR count). The molecule has 114 valence electrons. The van der Waals surface area contributed by atoms with Crippen LogP contribution in [0, 0.1) is 0 Å². The van der Waals surface area contributed by atoms with Gasteiger partial charge in [0.25, 0.3) is 10.0 Å². The zero-order chi connectivity index (χ0) is 13.7. The third kappa shape index (κ3) is 5.02. The van der Waals surface area contributed by atoms with Gasteiger partial charge in [-0.2, -0.15) is 0 Å². The number of carbonyl (C=O) groups is 1. The molecule has 2 heterocycles. The number of hydrogen-bond donors (Lipinski definition) is 3. The van der Waals surface area contributed by atoms with Crippen LogP contribution in [0.3, 0.4) is 0 Å². The first kappa shape index (κ1) is 17.4. The van der Waals surface area contributed by atoms with Crippen molar-refractivity contribution in [2.75, 3.05) is 19.6 Å². The zero-order valence-electron chi connectivity index (χ0n) is 10.8. The van der Waals surface area contributed by atoms with Crippen LogP contribution in [-0.4, -0.2) is 40.0 Å². The highest BCUT2D eigenvalue weighted by atomic mass is 35.5. The topological polar surface area (TPSA) is 87.3 Å². The van der Waals surface area contributed by atoms with Crippen molar-refractivity contribution in [3.8, 4) is 0 Å². The Balaban J connectivity index is 0.00000200. The van der Waals surface area contributed by atoms with Crippen molar-refractivity contribution in [1.82, 2.24) is 15.4 Å². The van der Waals surface area contributed by atoms with Gasteiger partial charge in [0, 0.05) is 12.6 Å². The first-order chi connectivity index (χ1) is 9.08. The number of nitrogens with one attached hydrogen (secondary N) is 3. The minimum absolute atomic E-state index is 0. The number of carbonyl (C=O) groups excluding carboxylic acids is 1. The predicted molar refractivity (Wildman–Crippen MR) is 80.8 cm³/mol. The Morgan fingerprint density at radius 1 is 1.50 bits per heavy atom. The molecule has 1 aliphatic heterocycles. The Kier molecular flexibility index (Phi) is 6.90. The average molecular weight is 340 g/mol. The molecular formula is C11H18ClN3O3S2. The first-order valence-electron chi connectivity index (χ1n) is 6.11. The van der Waals surface area contributed by atoms with Crippen molar-refractivity contribution >= 4 is 39.7 Å². The molecule has 1 amide bonds. The molecule has 0 aliphatic carbocycles. The fourth-order valence-corrected chi connectivity index (χ4v) is 3.90. The number of hydrogen-bond acceptors (Lipinski definition) is 5. The standard InChI is InChI=1S/C11H17N3O3S2.ClH/c15-10(13-7-9-3-1-5-12-9)8-14-19(16,17)11-4-2-6-18-11;/h2,4,6,9,12,14H,1,3,5,7-8H2,(H,13,15);1H. The molecule has 1 unspecified atom stereocenters. The van der Waals surface area contributed by atoms with Gasteiger partial charge in [-0.05, 0) is 30.8 Å². The fourth-order valence-electron chi connectivity index (χ4n) is 1.88. The van der Waals surface area contributed by atoms with E-state index >= 15 is 0 Å². The summed E-state index contributed by atoms with van der Waals surface area (Å²) in [6.45, 7) is 1.29. The third-order valence-corrected chi connectivity index (χ3v) is 5.69. The second-order valence-corrected chi connectivity index (χ2v) is 7.30. The maximum absolute atomic E-state index is 11.8. The summed E-state index contributed by atoms with van der Waals surface area (Å²) in [5.41, 5.74) is 0. The molecule has 0 spiro atoms.